The average Bonchev–Trinajstić information content (AvgIpc) is 2.41. The summed E-state index contributed by atoms with van der Waals surface area (Å²) in [6.07, 6.45) is 7.86. The maximum absolute atomic E-state index is 5.45. The first-order chi connectivity index (χ1) is 6.74. The van der Waals surface area contributed by atoms with E-state index < -0.39 is 0 Å². The average molecular weight is 197 g/mol. The van der Waals surface area contributed by atoms with E-state index in [1.165, 1.54) is 38.5 Å². The molecule has 0 bridgehead atoms. The van der Waals surface area contributed by atoms with Gasteiger partial charge in [-0.05, 0) is 12.8 Å². The summed E-state index contributed by atoms with van der Waals surface area (Å²) in [6.45, 7) is 4.24. The van der Waals surface area contributed by atoms with E-state index >= 15 is 0 Å². The third-order valence-electron chi connectivity index (χ3n) is 2.84. The maximum atomic E-state index is 5.45. The highest BCUT2D eigenvalue weighted by molar-refractivity contribution is 5.83. The van der Waals surface area contributed by atoms with Gasteiger partial charge in [-0.25, -0.2) is 5.84 Å². The largest absolute Gasteiger partial charge is 0.312 e. The van der Waals surface area contributed by atoms with Crippen molar-refractivity contribution < 1.29 is 0 Å². The van der Waals surface area contributed by atoms with Crippen LogP contribution in [-0.4, -0.2) is 11.9 Å². The van der Waals surface area contributed by atoms with E-state index in [1.54, 1.807) is 0 Å². The van der Waals surface area contributed by atoms with Gasteiger partial charge in [0.15, 0.2) is 0 Å². The molecule has 82 valence electrons. The fraction of sp³-hybridized carbons (Fsp3) is 0.909. The van der Waals surface area contributed by atoms with Crippen LogP contribution < -0.4 is 11.3 Å². The highest BCUT2D eigenvalue weighted by Gasteiger charge is 2.12. The van der Waals surface area contributed by atoms with Crippen LogP contribution in [0, 0.1) is 5.92 Å². The Kier molecular flexibility index (Phi) is 4.94. The first-order valence-corrected chi connectivity index (χ1v) is 5.78. The van der Waals surface area contributed by atoms with Gasteiger partial charge in [-0.1, -0.05) is 39.5 Å². The van der Waals surface area contributed by atoms with Crippen molar-refractivity contribution in [3.63, 3.8) is 0 Å². The Balaban J connectivity index is 2.52. The molecule has 1 fully saturated rings. The molecule has 1 aliphatic rings. The minimum Gasteiger partial charge on any atom is -0.312 e. The van der Waals surface area contributed by atoms with Crippen molar-refractivity contribution in [1.82, 2.24) is 5.43 Å². The smallest absolute Gasteiger partial charge is 0.113 e. The second kappa shape index (κ2) is 6.02. The molecule has 0 aromatic heterocycles. The van der Waals surface area contributed by atoms with Gasteiger partial charge in [0, 0.05) is 5.92 Å². The molecule has 0 radical (unpaired) electrons. The van der Waals surface area contributed by atoms with Gasteiger partial charge in [0.05, 0.1) is 6.04 Å². The summed E-state index contributed by atoms with van der Waals surface area (Å²) in [5.74, 6) is 6.81. The molecular weight excluding hydrogens is 174 g/mol. The van der Waals surface area contributed by atoms with Gasteiger partial charge < -0.3 is 5.43 Å². The van der Waals surface area contributed by atoms with Crippen LogP contribution in [0.5, 0.6) is 0 Å². The highest BCUT2D eigenvalue weighted by Crippen LogP contribution is 2.20. The van der Waals surface area contributed by atoms with Gasteiger partial charge in [0.2, 0.25) is 0 Å². The molecule has 0 amide bonds. The lowest BCUT2D eigenvalue weighted by molar-refractivity contribution is 0.576. The lowest BCUT2D eigenvalue weighted by Crippen LogP contribution is -2.35. The molecule has 0 heterocycles. The number of hydrazine groups is 1. The lowest BCUT2D eigenvalue weighted by atomic mass is 10.1. The van der Waals surface area contributed by atoms with E-state index in [9.17, 15) is 0 Å². The molecule has 14 heavy (non-hydrogen) atoms. The summed E-state index contributed by atoms with van der Waals surface area (Å²) in [7, 11) is 0. The van der Waals surface area contributed by atoms with E-state index in [-0.39, 0.29) is 0 Å². The zero-order valence-electron chi connectivity index (χ0n) is 9.42. The lowest BCUT2D eigenvalue weighted by Gasteiger charge is -2.14. The number of hydrogen-bond acceptors (Lipinski definition) is 2. The van der Waals surface area contributed by atoms with E-state index in [1.807, 2.05) is 0 Å². The zero-order chi connectivity index (χ0) is 10.4. The Morgan fingerprint density at radius 1 is 1.21 bits per heavy atom. The number of aliphatic imine (C=N–C) groups is 1. The number of nitrogens with one attached hydrogen (secondary N) is 1. The normalized spacial score (nSPS) is 21.0. The van der Waals surface area contributed by atoms with Crippen molar-refractivity contribution in [3.05, 3.63) is 0 Å². The molecule has 3 nitrogen and oxygen atoms in total. The van der Waals surface area contributed by atoms with E-state index in [0.29, 0.717) is 12.0 Å². The first kappa shape index (κ1) is 11.5. The number of nitrogens with two attached hydrogens (primary N) is 1. The Labute approximate surface area is 87.1 Å². The van der Waals surface area contributed by atoms with E-state index in [2.05, 4.69) is 19.3 Å². The Bertz CT molecular complexity index is 179. The van der Waals surface area contributed by atoms with Gasteiger partial charge >= 0.3 is 0 Å². The highest BCUT2D eigenvalue weighted by atomic mass is 15.3. The number of amidine groups is 1. The monoisotopic (exact) mass is 197 g/mol. The predicted molar refractivity (Wildman–Crippen MR) is 61.1 cm³/mol. The molecule has 1 saturated carbocycles. The van der Waals surface area contributed by atoms with Crippen LogP contribution >= 0.6 is 0 Å². The molecule has 0 unspecified atom stereocenters. The number of hydrogen-bond donors (Lipinski definition) is 2. The second-order valence-corrected chi connectivity index (χ2v) is 4.46. The van der Waals surface area contributed by atoms with Crippen molar-refractivity contribution in [2.45, 2.75) is 58.4 Å². The molecule has 0 atom stereocenters. The minimum atomic E-state index is 0.406. The van der Waals surface area contributed by atoms with Crippen molar-refractivity contribution in [2.24, 2.45) is 16.8 Å². The van der Waals surface area contributed by atoms with Crippen LogP contribution in [-0.2, 0) is 0 Å². The van der Waals surface area contributed by atoms with Crippen molar-refractivity contribution in [1.29, 1.82) is 0 Å². The quantitative estimate of drug-likeness (QED) is 0.234. The van der Waals surface area contributed by atoms with Crippen molar-refractivity contribution in [3.8, 4) is 0 Å². The van der Waals surface area contributed by atoms with Gasteiger partial charge in [0.1, 0.15) is 5.84 Å². The van der Waals surface area contributed by atoms with Crippen LogP contribution in [0.1, 0.15) is 52.4 Å². The molecule has 0 aliphatic heterocycles. The zero-order valence-corrected chi connectivity index (χ0v) is 9.42. The summed E-state index contributed by atoms with van der Waals surface area (Å²) in [5, 5.41) is 0. The Morgan fingerprint density at radius 3 is 2.21 bits per heavy atom. The van der Waals surface area contributed by atoms with Crippen molar-refractivity contribution in [2.75, 3.05) is 0 Å². The minimum absolute atomic E-state index is 0.406. The Morgan fingerprint density at radius 2 is 1.79 bits per heavy atom. The molecule has 0 saturated heterocycles. The first-order valence-electron chi connectivity index (χ1n) is 5.78. The molecule has 1 rings (SSSR count). The van der Waals surface area contributed by atoms with Gasteiger partial charge in [-0.15, -0.1) is 0 Å². The summed E-state index contributed by atoms with van der Waals surface area (Å²) >= 11 is 0. The summed E-state index contributed by atoms with van der Waals surface area (Å²) in [5.41, 5.74) is 2.72. The van der Waals surface area contributed by atoms with Crippen molar-refractivity contribution >= 4 is 5.84 Å². The molecule has 3 N–H and O–H groups in total. The van der Waals surface area contributed by atoms with Crippen LogP contribution in [0.4, 0.5) is 0 Å². The summed E-state index contributed by atoms with van der Waals surface area (Å²) in [4.78, 5) is 4.69. The van der Waals surface area contributed by atoms with Gasteiger partial charge in [-0.3, -0.25) is 4.99 Å². The SMILES string of the molecule is CC(C)C(=NC1CCCCCC1)NN. The molecular formula is C11H23N3. The fourth-order valence-corrected chi connectivity index (χ4v) is 1.94. The third-order valence-corrected chi connectivity index (χ3v) is 2.84. The van der Waals surface area contributed by atoms with Crippen LogP contribution in [0.25, 0.3) is 0 Å². The van der Waals surface area contributed by atoms with E-state index in [4.69, 9.17) is 10.8 Å². The molecule has 0 aromatic rings. The Hall–Kier alpha value is -0.570. The van der Waals surface area contributed by atoms with E-state index in [0.717, 1.165) is 5.84 Å². The van der Waals surface area contributed by atoms with Gasteiger partial charge in [-0.2, -0.15) is 0 Å². The summed E-state index contributed by atoms with van der Waals surface area (Å²) < 4.78 is 0. The number of rotatable bonds is 2. The molecule has 0 spiro atoms. The maximum Gasteiger partial charge on any atom is 0.113 e. The molecule has 3 heteroatoms. The fourth-order valence-electron chi connectivity index (χ4n) is 1.94. The van der Waals surface area contributed by atoms with Crippen LogP contribution in [0.15, 0.2) is 4.99 Å². The van der Waals surface area contributed by atoms with Gasteiger partial charge in [0.25, 0.3) is 0 Å². The predicted octanol–water partition coefficient (Wildman–Crippen LogP) is 2.23. The summed E-state index contributed by atoms with van der Waals surface area (Å²) in [6, 6.07) is 0.506. The van der Waals surface area contributed by atoms with Crippen LogP contribution in [0.3, 0.4) is 0 Å². The molecule has 1 aliphatic carbocycles. The third kappa shape index (κ3) is 3.66. The second-order valence-electron chi connectivity index (χ2n) is 4.46. The molecule has 0 aromatic carbocycles. The van der Waals surface area contributed by atoms with Crippen LogP contribution in [0.2, 0.25) is 0 Å². The topological polar surface area (TPSA) is 50.4 Å². The standard InChI is InChI=1S/C11H23N3/c1-9(2)11(14-12)13-10-7-5-3-4-6-8-10/h9-10H,3-8,12H2,1-2H3,(H,13,14). The number of nitrogens with zero attached hydrogens (tertiary/aromatic N) is 1.